The van der Waals surface area contributed by atoms with E-state index in [4.69, 9.17) is 4.74 Å². The smallest absolute Gasteiger partial charge is 0.0658 e. The molecule has 3 atom stereocenters. The zero-order valence-electron chi connectivity index (χ0n) is 12.0. The van der Waals surface area contributed by atoms with Crippen LogP contribution in [0.4, 0.5) is 0 Å². The van der Waals surface area contributed by atoms with Crippen LogP contribution in [0.1, 0.15) is 43.4 Å². The Balaban J connectivity index is 1.87. The number of hydrogen-bond acceptors (Lipinski definition) is 3. The van der Waals surface area contributed by atoms with Gasteiger partial charge in [0, 0.05) is 34.4 Å². The molecule has 0 aromatic carbocycles. The molecule has 0 bridgehead atoms. The molecule has 3 unspecified atom stereocenters. The molecular formula is C15H25NOS. The van der Waals surface area contributed by atoms with E-state index in [0.717, 1.165) is 19.6 Å². The summed E-state index contributed by atoms with van der Waals surface area (Å²) in [5.41, 5.74) is 0.308. The minimum Gasteiger partial charge on any atom is -0.378 e. The predicted octanol–water partition coefficient (Wildman–Crippen LogP) is 3.74. The molecule has 0 spiro atoms. The summed E-state index contributed by atoms with van der Waals surface area (Å²) in [4.78, 5) is 2.83. The highest BCUT2D eigenvalue weighted by Gasteiger charge is 2.50. The van der Waals surface area contributed by atoms with E-state index in [0.29, 0.717) is 17.6 Å². The van der Waals surface area contributed by atoms with Crippen molar-refractivity contribution in [2.75, 3.05) is 6.61 Å². The number of hydrogen-bond donors (Lipinski definition) is 1. The van der Waals surface area contributed by atoms with E-state index < -0.39 is 0 Å². The third kappa shape index (κ3) is 2.63. The monoisotopic (exact) mass is 267 g/mol. The van der Waals surface area contributed by atoms with E-state index in [1.807, 2.05) is 11.3 Å². The molecule has 1 heterocycles. The standard InChI is InChI=1S/C15H25NOS/c1-5-15(4)13(9-14(15)17-6-2)16-10-12-8-7-11(3)18-12/h7-8,13-14,16H,5-6,9-10H2,1-4H3. The molecule has 3 heteroatoms. The molecule has 2 rings (SSSR count). The molecule has 2 nitrogen and oxygen atoms in total. The van der Waals surface area contributed by atoms with Gasteiger partial charge in [-0.3, -0.25) is 0 Å². The molecule has 1 aliphatic rings. The average molecular weight is 267 g/mol. The van der Waals surface area contributed by atoms with Crippen LogP contribution >= 0.6 is 11.3 Å². The lowest BCUT2D eigenvalue weighted by molar-refractivity contribution is -0.126. The van der Waals surface area contributed by atoms with Crippen molar-refractivity contribution in [3.8, 4) is 0 Å². The van der Waals surface area contributed by atoms with Gasteiger partial charge in [-0.15, -0.1) is 11.3 Å². The summed E-state index contributed by atoms with van der Waals surface area (Å²) in [5.74, 6) is 0. The van der Waals surface area contributed by atoms with Crippen molar-refractivity contribution in [1.82, 2.24) is 5.32 Å². The van der Waals surface area contributed by atoms with Crippen molar-refractivity contribution in [3.63, 3.8) is 0 Å². The van der Waals surface area contributed by atoms with Crippen molar-refractivity contribution in [2.45, 2.75) is 59.2 Å². The van der Waals surface area contributed by atoms with Gasteiger partial charge in [0.2, 0.25) is 0 Å². The van der Waals surface area contributed by atoms with Gasteiger partial charge in [-0.2, -0.15) is 0 Å². The quantitative estimate of drug-likeness (QED) is 0.848. The second-order valence-corrected chi connectivity index (χ2v) is 6.86. The van der Waals surface area contributed by atoms with Gasteiger partial charge < -0.3 is 10.1 Å². The number of ether oxygens (including phenoxy) is 1. The minimum atomic E-state index is 0.308. The Bertz CT molecular complexity index is 390. The highest BCUT2D eigenvalue weighted by atomic mass is 32.1. The second kappa shape index (κ2) is 5.72. The van der Waals surface area contributed by atoms with E-state index in [1.54, 1.807) is 0 Å². The third-order valence-electron chi connectivity index (χ3n) is 4.43. The number of nitrogens with one attached hydrogen (secondary N) is 1. The molecule has 0 amide bonds. The molecule has 1 aromatic rings. The van der Waals surface area contributed by atoms with E-state index in [2.05, 4.69) is 45.1 Å². The first-order valence-corrected chi connectivity index (χ1v) is 7.82. The van der Waals surface area contributed by atoms with Crippen LogP contribution in [0.25, 0.3) is 0 Å². The Labute approximate surface area is 115 Å². The molecular weight excluding hydrogens is 242 g/mol. The highest BCUT2D eigenvalue weighted by Crippen LogP contribution is 2.46. The molecule has 18 heavy (non-hydrogen) atoms. The third-order valence-corrected chi connectivity index (χ3v) is 5.43. The maximum atomic E-state index is 5.83. The Morgan fingerprint density at radius 2 is 2.22 bits per heavy atom. The van der Waals surface area contributed by atoms with Crippen molar-refractivity contribution in [3.05, 3.63) is 21.9 Å². The summed E-state index contributed by atoms with van der Waals surface area (Å²) in [6, 6.07) is 5.03. The summed E-state index contributed by atoms with van der Waals surface area (Å²) in [5, 5.41) is 3.71. The molecule has 1 saturated carbocycles. The van der Waals surface area contributed by atoms with Gasteiger partial charge in [0.15, 0.2) is 0 Å². The molecule has 1 aliphatic carbocycles. The second-order valence-electron chi connectivity index (χ2n) is 5.48. The zero-order chi connectivity index (χ0) is 13.2. The van der Waals surface area contributed by atoms with Crippen LogP contribution in [0.2, 0.25) is 0 Å². The summed E-state index contributed by atoms with van der Waals surface area (Å²) in [7, 11) is 0. The Morgan fingerprint density at radius 1 is 1.44 bits per heavy atom. The van der Waals surface area contributed by atoms with Crippen LogP contribution in [0.5, 0.6) is 0 Å². The molecule has 1 fully saturated rings. The fourth-order valence-corrected chi connectivity index (χ4v) is 3.71. The van der Waals surface area contributed by atoms with Gasteiger partial charge in [0.1, 0.15) is 0 Å². The molecule has 1 aromatic heterocycles. The normalized spacial score (nSPS) is 31.3. The molecule has 0 aliphatic heterocycles. The van der Waals surface area contributed by atoms with Crippen LogP contribution in [0.3, 0.4) is 0 Å². The Hall–Kier alpha value is -0.380. The van der Waals surface area contributed by atoms with Crippen LogP contribution in [-0.2, 0) is 11.3 Å². The lowest BCUT2D eigenvalue weighted by Crippen LogP contribution is -2.61. The maximum Gasteiger partial charge on any atom is 0.0658 e. The fourth-order valence-electron chi connectivity index (χ4n) is 2.87. The summed E-state index contributed by atoms with van der Waals surface area (Å²) >= 11 is 1.89. The van der Waals surface area contributed by atoms with Gasteiger partial charge in [-0.1, -0.05) is 13.8 Å². The number of thiophene rings is 1. The molecule has 102 valence electrons. The van der Waals surface area contributed by atoms with E-state index in [1.165, 1.54) is 16.2 Å². The topological polar surface area (TPSA) is 21.3 Å². The molecule has 1 N–H and O–H groups in total. The SMILES string of the molecule is CCOC1CC(NCc2ccc(C)s2)C1(C)CC. The zero-order valence-corrected chi connectivity index (χ0v) is 12.8. The van der Waals surface area contributed by atoms with Crippen LogP contribution in [-0.4, -0.2) is 18.8 Å². The van der Waals surface area contributed by atoms with Gasteiger partial charge in [0.25, 0.3) is 0 Å². The molecule has 0 saturated heterocycles. The first kappa shape index (κ1) is 14.0. The lowest BCUT2D eigenvalue weighted by atomic mass is 9.61. The van der Waals surface area contributed by atoms with E-state index in [9.17, 15) is 0 Å². The average Bonchev–Trinajstić information content (AvgIpc) is 2.77. The van der Waals surface area contributed by atoms with Gasteiger partial charge >= 0.3 is 0 Å². The fraction of sp³-hybridized carbons (Fsp3) is 0.733. The van der Waals surface area contributed by atoms with Crippen molar-refractivity contribution < 1.29 is 4.74 Å². The minimum absolute atomic E-state index is 0.308. The van der Waals surface area contributed by atoms with Gasteiger partial charge in [0.05, 0.1) is 6.10 Å². The van der Waals surface area contributed by atoms with Gasteiger partial charge in [-0.05, 0) is 38.8 Å². The lowest BCUT2D eigenvalue weighted by Gasteiger charge is -2.53. The largest absolute Gasteiger partial charge is 0.378 e. The Morgan fingerprint density at radius 3 is 2.78 bits per heavy atom. The van der Waals surface area contributed by atoms with Crippen LogP contribution in [0.15, 0.2) is 12.1 Å². The van der Waals surface area contributed by atoms with Crippen molar-refractivity contribution in [2.24, 2.45) is 5.41 Å². The van der Waals surface area contributed by atoms with Crippen LogP contribution < -0.4 is 5.32 Å². The molecule has 0 radical (unpaired) electrons. The van der Waals surface area contributed by atoms with Crippen LogP contribution in [0, 0.1) is 12.3 Å². The first-order chi connectivity index (χ1) is 8.60. The first-order valence-electron chi connectivity index (χ1n) is 7.00. The van der Waals surface area contributed by atoms with E-state index in [-0.39, 0.29) is 0 Å². The maximum absolute atomic E-state index is 5.83. The summed E-state index contributed by atoms with van der Waals surface area (Å²) < 4.78 is 5.83. The predicted molar refractivity (Wildman–Crippen MR) is 78.1 cm³/mol. The Kier molecular flexibility index (Phi) is 4.46. The van der Waals surface area contributed by atoms with E-state index >= 15 is 0 Å². The van der Waals surface area contributed by atoms with Crippen molar-refractivity contribution >= 4 is 11.3 Å². The van der Waals surface area contributed by atoms with Crippen molar-refractivity contribution in [1.29, 1.82) is 0 Å². The highest BCUT2D eigenvalue weighted by molar-refractivity contribution is 7.11. The summed E-state index contributed by atoms with van der Waals surface area (Å²) in [6.45, 7) is 10.7. The number of aryl methyl sites for hydroxylation is 1. The summed E-state index contributed by atoms with van der Waals surface area (Å²) in [6.07, 6.45) is 2.77. The number of rotatable bonds is 6. The van der Waals surface area contributed by atoms with Gasteiger partial charge in [-0.25, -0.2) is 0 Å².